The topological polar surface area (TPSA) is 46.6 Å². The normalized spacial score (nSPS) is 21.2. The van der Waals surface area contributed by atoms with E-state index in [1.165, 1.54) is 12.8 Å². The fourth-order valence-electron chi connectivity index (χ4n) is 2.23. The molecule has 0 bridgehead atoms. The van der Waals surface area contributed by atoms with Gasteiger partial charge in [0, 0.05) is 13.0 Å². The van der Waals surface area contributed by atoms with Gasteiger partial charge in [-0.3, -0.25) is 14.5 Å². The number of nitrogens with zero attached hydrogens (tertiary/aromatic N) is 1. The summed E-state index contributed by atoms with van der Waals surface area (Å²) in [5, 5.41) is 0. The molecule has 1 fully saturated rings. The van der Waals surface area contributed by atoms with Crippen LogP contribution in [0.3, 0.4) is 0 Å². The van der Waals surface area contributed by atoms with Crippen LogP contribution in [0.5, 0.6) is 0 Å². The molecule has 1 aliphatic rings. The molecule has 4 heteroatoms. The van der Waals surface area contributed by atoms with E-state index in [2.05, 4.69) is 11.8 Å². The van der Waals surface area contributed by atoms with Gasteiger partial charge in [0.15, 0.2) is 0 Å². The number of carbonyl (C=O) groups excluding carboxylic acids is 2. The first-order chi connectivity index (χ1) is 8.11. The van der Waals surface area contributed by atoms with Crippen LogP contribution in [0.4, 0.5) is 0 Å². The van der Waals surface area contributed by atoms with Gasteiger partial charge < -0.3 is 4.74 Å². The Morgan fingerprint density at radius 3 is 2.76 bits per heavy atom. The molecule has 0 aromatic carbocycles. The van der Waals surface area contributed by atoms with Crippen molar-refractivity contribution in [2.75, 3.05) is 26.2 Å². The van der Waals surface area contributed by atoms with Gasteiger partial charge in [0.25, 0.3) is 0 Å². The van der Waals surface area contributed by atoms with E-state index in [0.29, 0.717) is 25.5 Å². The summed E-state index contributed by atoms with van der Waals surface area (Å²) < 4.78 is 4.79. The lowest BCUT2D eigenvalue weighted by molar-refractivity contribution is -0.144. The summed E-state index contributed by atoms with van der Waals surface area (Å²) in [5.41, 5.74) is 0. The van der Waals surface area contributed by atoms with Gasteiger partial charge >= 0.3 is 5.97 Å². The third-order valence-electron chi connectivity index (χ3n) is 3.05. The molecular formula is C13H23NO3. The van der Waals surface area contributed by atoms with Crippen molar-refractivity contribution in [1.82, 2.24) is 4.90 Å². The fraction of sp³-hybridized carbons (Fsp3) is 0.846. The van der Waals surface area contributed by atoms with Crippen LogP contribution < -0.4 is 0 Å². The van der Waals surface area contributed by atoms with Crippen LogP contribution >= 0.6 is 0 Å². The number of likely N-dealkylation sites (tertiary alicyclic amines) is 1. The van der Waals surface area contributed by atoms with Gasteiger partial charge in [0.1, 0.15) is 5.78 Å². The van der Waals surface area contributed by atoms with Crippen molar-refractivity contribution < 1.29 is 14.3 Å². The SMILES string of the molecule is CCOC(=O)CCC(=O)CN1CCCC(C)C1. The van der Waals surface area contributed by atoms with Gasteiger partial charge in [-0.05, 0) is 32.2 Å². The minimum atomic E-state index is -0.270. The van der Waals surface area contributed by atoms with Crippen LogP contribution in [0, 0.1) is 5.92 Å². The molecule has 0 radical (unpaired) electrons. The first-order valence-corrected chi connectivity index (χ1v) is 6.51. The number of ether oxygens (including phenoxy) is 1. The second-order valence-electron chi connectivity index (χ2n) is 4.83. The summed E-state index contributed by atoms with van der Waals surface area (Å²) in [7, 11) is 0. The van der Waals surface area contributed by atoms with E-state index in [1.807, 2.05) is 0 Å². The lowest BCUT2D eigenvalue weighted by Gasteiger charge is -2.30. The molecule has 98 valence electrons. The highest BCUT2D eigenvalue weighted by Gasteiger charge is 2.18. The van der Waals surface area contributed by atoms with E-state index in [9.17, 15) is 9.59 Å². The first-order valence-electron chi connectivity index (χ1n) is 6.51. The van der Waals surface area contributed by atoms with E-state index < -0.39 is 0 Å². The Morgan fingerprint density at radius 2 is 2.12 bits per heavy atom. The molecule has 0 aromatic heterocycles. The summed E-state index contributed by atoms with van der Waals surface area (Å²) in [5.74, 6) is 0.557. The Kier molecular flexibility index (Phi) is 6.19. The molecule has 0 aromatic rings. The lowest BCUT2D eigenvalue weighted by Crippen LogP contribution is -2.38. The summed E-state index contributed by atoms with van der Waals surface area (Å²) in [6, 6.07) is 0. The first kappa shape index (κ1) is 14.2. The molecule has 0 spiro atoms. The molecular weight excluding hydrogens is 218 g/mol. The number of Topliss-reactive ketones (excluding diaryl/α,β-unsaturated/α-hetero) is 1. The average molecular weight is 241 g/mol. The van der Waals surface area contributed by atoms with Crippen molar-refractivity contribution >= 4 is 11.8 Å². The van der Waals surface area contributed by atoms with Crippen LogP contribution in [-0.4, -0.2) is 42.9 Å². The van der Waals surface area contributed by atoms with E-state index in [-0.39, 0.29) is 18.2 Å². The van der Waals surface area contributed by atoms with Crippen LogP contribution in [0.25, 0.3) is 0 Å². The number of piperidine rings is 1. The third-order valence-corrected chi connectivity index (χ3v) is 3.05. The third kappa shape index (κ3) is 5.82. The molecule has 17 heavy (non-hydrogen) atoms. The monoisotopic (exact) mass is 241 g/mol. The largest absolute Gasteiger partial charge is 0.466 e. The second kappa shape index (κ2) is 7.43. The maximum absolute atomic E-state index is 11.7. The number of carbonyl (C=O) groups is 2. The number of rotatable bonds is 6. The van der Waals surface area contributed by atoms with Crippen molar-refractivity contribution in [2.24, 2.45) is 5.92 Å². The molecule has 1 atom stereocenters. The molecule has 0 N–H and O–H groups in total. The molecule has 1 heterocycles. The number of ketones is 1. The van der Waals surface area contributed by atoms with Crippen molar-refractivity contribution in [1.29, 1.82) is 0 Å². The summed E-state index contributed by atoms with van der Waals surface area (Å²) in [4.78, 5) is 25.0. The van der Waals surface area contributed by atoms with Gasteiger partial charge in [-0.2, -0.15) is 0 Å². The van der Waals surface area contributed by atoms with Crippen molar-refractivity contribution in [3.05, 3.63) is 0 Å². The van der Waals surface area contributed by atoms with E-state index in [1.54, 1.807) is 6.92 Å². The zero-order chi connectivity index (χ0) is 12.7. The molecule has 1 saturated heterocycles. The summed E-state index contributed by atoms with van der Waals surface area (Å²) in [6.07, 6.45) is 2.96. The van der Waals surface area contributed by atoms with E-state index in [4.69, 9.17) is 4.74 Å². The molecule has 0 saturated carbocycles. The smallest absolute Gasteiger partial charge is 0.306 e. The Bertz CT molecular complexity index is 265. The summed E-state index contributed by atoms with van der Waals surface area (Å²) >= 11 is 0. The zero-order valence-corrected chi connectivity index (χ0v) is 10.9. The second-order valence-corrected chi connectivity index (χ2v) is 4.83. The number of esters is 1. The van der Waals surface area contributed by atoms with Crippen LogP contribution in [-0.2, 0) is 14.3 Å². The fourth-order valence-corrected chi connectivity index (χ4v) is 2.23. The van der Waals surface area contributed by atoms with Crippen LogP contribution in [0.15, 0.2) is 0 Å². The van der Waals surface area contributed by atoms with Crippen LogP contribution in [0.1, 0.15) is 39.5 Å². The Balaban J connectivity index is 2.18. The zero-order valence-electron chi connectivity index (χ0n) is 10.9. The Hall–Kier alpha value is -0.900. The van der Waals surface area contributed by atoms with E-state index in [0.717, 1.165) is 13.1 Å². The van der Waals surface area contributed by atoms with Gasteiger partial charge in [0.05, 0.1) is 19.6 Å². The molecule has 1 aliphatic heterocycles. The standard InChI is InChI=1S/C13H23NO3/c1-3-17-13(16)7-6-12(15)10-14-8-4-5-11(2)9-14/h11H,3-10H2,1-2H3. The van der Waals surface area contributed by atoms with Crippen LogP contribution in [0.2, 0.25) is 0 Å². The highest BCUT2D eigenvalue weighted by atomic mass is 16.5. The number of hydrogen-bond donors (Lipinski definition) is 0. The molecule has 1 rings (SSSR count). The van der Waals surface area contributed by atoms with Gasteiger partial charge in [-0.15, -0.1) is 0 Å². The molecule has 0 aliphatic carbocycles. The summed E-state index contributed by atoms with van der Waals surface area (Å²) in [6.45, 7) is 6.88. The van der Waals surface area contributed by atoms with Crippen molar-refractivity contribution in [3.63, 3.8) is 0 Å². The highest BCUT2D eigenvalue weighted by Crippen LogP contribution is 2.15. The van der Waals surface area contributed by atoms with Gasteiger partial charge in [0.2, 0.25) is 0 Å². The van der Waals surface area contributed by atoms with E-state index >= 15 is 0 Å². The average Bonchev–Trinajstić information content (AvgIpc) is 2.27. The maximum atomic E-state index is 11.7. The molecule has 0 amide bonds. The van der Waals surface area contributed by atoms with Crippen molar-refractivity contribution in [3.8, 4) is 0 Å². The molecule has 1 unspecified atom stereocenters. The maximum Gasteiger partial charge on any atom is 0.306 e. The Morgan fingerprint density at radius 1 is 1.35 bits per heavy atom. The lowest BCUT2D eigenvalue weighted by atomic mass is 10.00. The minimum absolute atomic E-state index is 0.146. The Labute approximate surface area is 103 Å². The van der Waals surface area contributed by atoms with Gasteiger partial charge in [-0.25, -0.2) is 0 Å². The number of hydrogen-bond acceptors (Lipinski definition) is 4. The minimum Gasteiger partial charge on any atom is -0.466 e. The predicted octanol–water partition coefficient (Wildman–Crippen LogP) is 1.63. The van der Waals surface area contributed by atoms with Gasteiger partial charge in [-0.1, -0.05) is 6.92 Å². The highest BCUT2D eigenvalue weighted by molar-refractivity contribution is 5.84. The van der Waals surface area contributed by atoms with Crippen molar-refractivity contribution in [2.45, 2.75) is 39.5 Å². The quantitative estimate of drug-likeness (QED) is 0.663. The molecule has 4 nitrogen and oxygen atoms in total. The predicted molar refractivity (Wildman–Crippen MR) is 65.7 cm³/mol.